The number of benzene rings is 2. The fraction of sp³-hybridized carbons (Fsp3) is 0.429. The molecule has 3 fully saturated rings. The first-order chi connectivity index (χ1) is 16.5. The van der Waals surface area contributed by atoms with E-state index in [4.69, 9.17) is 9.15 Å². The van der Waals surface area contributed by atoms with Gasteiger partial charge in [-0.05, 0) is 67.9 Å². The van der Waals surface area contributed by atoms with Crippen LogP contribution < -0.4 is 5.32 Å². The number of anilines is 1. The number of carbonyl (C=O) groups excluding carboxylic acids is 1. The molecule has 1 aliphatic carbocycles. The Morgan fingerprint density at radius 1 is 1.03 bits per heavy atom. The first-order valence-corrected chi connectivity index (χ1v) is 12.2. The molecule has 0 spiro atoms. The van der Waals surface area contributed by atoms with Crippen LogP contribution in [0.15, 0.2) is 52.9 Å². The number of nitrogens with one attached hydrogen (secondary N) is 1. The number of amides is 1. The summed E-state index contributed by atoms with van der Waals surface area (Å²) in [7, 11) is 0. The standard InChI is InChI=1S/C28H32N2O4/c1-3-24-29-19(2)25(34-24)26(32)30-23-10-6-21(7-11-23)20-4-8-22(9-5-20)27-12-14-28(15-13-27,16-17-31)33-18-27/h4-11,31H,3,12-18H2,1-2H3,(H,30,32). The van der Waals surface area contributed by atoms with E-state index < -0.39 is 0 Å². The van der Waals surface area contributed by atoms with Crippen LogP contribution >= 0.6 is 0 Å². The lowest BCUT2D eigenvalue weighted by Gasteiger charge is -2.53. The van der Waals surface area contributed by atoms with Gasteiger partial charge in [0.25, 0.3) is 5.91 Å². The van der Waals surface area contributed by atoms with Gasteiger partial charge in [0.2, 0.25) is 5.76 Å². The Morgan fingerprint density at radius 2 is 1.68 bits per heavy atom. The average Bonchev–Trinajstić information content (AvgIpc) is 3.27. The number of carbonyl (C=O) groups is 1. The summed E-state index contributed by atoms with van der Waals surface area (Å²) in [5.74, 6) is 0.545. The van der Waals surface area contributed by atoms with Crippen LogP contribution in [0.3, 0.4) is 0 Å². The Balaban J connectivity index is 1.26. The molecule has 1 saturated carbocycles. The lowest BCUT2D eigenvalue weighted by Crippen LogP contribution is -2.53. The predicted octanol–water partition coefficient (Wildman–Crippen LogP) is 5.43. The summed E-state index contributed by atoms with van der Waals surface area (Å²) in [6.07, 6.45) is 5.68. The zero-order valence-corrected chi connectivity index (χ0v) is 19.9. The molecule has 2 N–H and O–H groups in total. The highest BCUT2D eigenvalue weighted by Crippen LogP contribution is 2.51. The summed E-state index contributed by atoms with van der Waals surface area (Å²) in [4.78, 5) is 16.8. The highest BCUT2D eigenvalue weighted by Gasteiger charge is 2.50. The Hall–Kier alpha value is -2.96. The first kappa shape index (κ1) is 22.8. The normalized spacial score (nSPS) is 23.7. The van der Waals surface area contributed by atoms with Crippen molar-refractivity contribution >= 4 is 11.6 Å². The van der Waals surface area contributed by atoms with Crippen molar-refractivity contribution < 1.29 is 19.1 Å². The summed E-state index contributed by atoms with van der Waals surface area (Å²) >= 11 is 0. The van der Waals surface area contributed by atoms with Crippen LogP contribution in [0.4, 0.5) is 5.69 Å². The van der Waals surface area contributed by atoms with Crippen LogP contribution in [-0.2, 0) is 16.6 Å². The van der Waals surface area contributed by atoms with Gasteiger partial charge in [-0.15, -0.1) is 0 Å². The molecule has 0 atom stereocenters. The predicted molar refractivity (Wildman–Crippen MR) is 131 cm³/mol. The number of aliphatic hydroxyl groups excluding tert-OH is 1. The smallest absolute Gasteiger partial charge is 0.293 e. The second-order valence-corrected chi connectivity index (χ2v) is 9.71. The SMILES string of the molecule is CCc1nc(C)c(C(=O)Nc2ccc(-c3ccc(C45CCC(CCO)(CC4)OC5)cc3)cc2)o1. The molecule has 2 aliphatic heterocycles. The van der Waals surface area contributed by atoms with Gasteiger partial charge in [0.1, 0.15) is 0 Å². The van der Waals surface area contributed by atoms with Crippen molar-refractivity contribution in [2.45, 2.75) is 63.4 Å². The Morgan fingerprint density at radius 3 is 2.21 bits per heavy atom. The minimum atomic E-state index is -0.286. The maximum Gasteiger partial charge on any atom is 0.293 e. The van der Waals surface area contributed by atoms with E-state index in [1.165, 1.54) is 5.56 Å². The molecule has 3 aliphatic rings. The number of aromatic nitrogens is 1. The Bertz CT molecular complexity index is 1140. The first-order valence-electron chi connectivity index (χ1n) is 12.2. The molecule has 2 saturated heterocycles. The molecule has 6 rings (SSSR count). The van der Waals surface area contributed by atoms with E-state index >= 15 is 0 Å². The molecule has 6 heteroatoms. The number of oxazole rings is 1. The van der Waals surface area contributed by atoms with Gasteiger partial charge in [-0.1, -0.05) is 43.3 Å². The lowest BCUT2D eigenvalue weighted by molar-refractivity contribution is -0.164. The van der Waals surface area contributed by atoms with Crippen LogP contribution in [-0.4, -0.2) is 34.8 Å². The van der Waals surface area contributed by atoms with Gasteiger partial charge in [0, 0.05) is 24.1 Å². The second-order valence-electron chi connectivity index (χ2n) is 9.71. The number of aliphatic hydroxyl groups is 1. The lowest BCUT2D eigenvalue weighted by atomic mass is 9.62. The largest absolute Gasteiger partial charge is 0.435 e. The molecule has 2 bridgehead atoms. The summed E-state index contributed by atoms with van der Waals surface area (Å²) in [5.41, 5.74) is 4.89. The van der Waals surface area contributed by atoms with Crippen molar-refractivity contribution in [3.8, 4) is 11.1 Å². The molecule has 1 amide bonds. The van der Waals surface area contributed by atoms with Crippen molar-refractivity contribution in [1.29, 1.82) is 0 Å². The van der Waals surface area contributed by atoms with Crippen LogP contribution in [0.5, 0.6) is 0 Å². The maximum atomic E-state index is 12.6. The number of rotatable bonds is 7. The number of hydrogen-bond acceptors (Lipinski definition) is 5. The molecule has 0 radical (unpaired) electrons. The second kappa shape index (κ2) is 9.01. The molecular weight excluding hydrogens is 428 g/mol. The number of ether oxygens (including phenoxy) is 1. The number of aryl methyl sites for hydroxylation is 2. The molecule has 3 heterocycles. The number of fused-ring (bicyclic) bond motifs is 3. The van der Waals surface area contributed by atoms with E-state index in [2.05, 4.69) is 34.6 Å². The van der Waals surface area contributed by atoms with E-state index in [0.717, 1.165) is 49.8 Å². The van der Waals surface area contributed by atoms with E-state index in [0.29, 0.717) is 23.7 Å². The van der Waals surface area contributed by atoms with Crippen molar-refractivity contribution in [2.24, 2.45) is 0 Å². The summed E-state index contributed by atoms with van der Waals surface area (Å²) in [6, 6.07) is 16.7. The highest BCUT2D eigenvalue weighted by atomic mass is 16.5. The molecule has 6 nitrogen and oxygen atoms in total. The van der Waals surface area contributed by atoms with Crippen molar-refractivity contribution in [3.63, 3.8) is 0 Å². The van der Waals surface area contributed by atoms with E-state index in [1.807, 2.05) is 31.2 Å². The third-order valence-corrected chi connectivity index (χ3v) is 7.66. The maximum absolute atomic E-state index is 12.6. The molecule has 0 unspecified atom stereocenters. The number of hydrogen-bond donors (Lipinski definition) is 2. The zero-order valence-electron chi connectivity index (χ0n) is 19.9. The molecular formula is C28H32N2O4. The molecule has 3 aromatic rings. The minimum absolute atomic E-state index is 0.0976. The highest BCUT2D eigenvalue weighted by molar-refractivity contribution is 6.03. The summed E-state index contributed by atoms with van der Waals surface area (Å²) in [5, 5.41) is 12.3. The minimum Gasteiger partial charge on any atom is -0.435 e. The molecule has 2 aromatic carbocycles. The topological polar surface area (TPSA) is 84.6 Å². The van der Waals surface area contributed by atoms with Crippen molar-refractivity contribution in [2.75, 3.05) is 18.5 Å². The van der Waals surface area contributed by atoms with Crippen molar-refractivity contribution in [1.82, 2.24) is 4.98 Å². The third-order valence-electron chi connectivity index (χ3n) is 7.66. The van der Waals surface area contributed by atoms with Gasteiger partial charge < -0.3 is 19.6 Å². The van der Waals surface area contributed by atoms with Crippen LogP contribution in [0.1, 0.15) is 66.7 Å². The fourth-order valence-corrected chi connectivity index (χ4v) is 5.43. The third kappa shape index (κ3) is 4.17. The van der Waals surface area contributed by atoms with Gasteiger partial charge in [0.05, 0.1) is 17.9 Å². The van der Waals surface area contributed by atoms with E-state index in [9.17, 15) is 9.90 Å². The van der Waals surface area contributed by atoms with Crippen LogP contribution in [0, 0.1) is 6.92 Å². The van der Waals surface area contributed by atoms with Gasteiger partial charge in [-0.2, -0.15) is 0 Å². The van der Waals surface area contributed by atoms with Gasteiger partial charge in [-0.25, -0.2) is 4.98 Å². The zero-order chi connectivity index (χ0) is 23.8. The van der Waals surface area contributed by atoms with Gasteiger partial charge >= 0.3 is 0 Å². The van der Waals surface area contributed by atoms with E-state index in [-0.39, 0.29) is 29.3 Å². The van der Waals surface area contributed by atoms with Crippen molar-refractivity contribution in [3.05, 3.63) is 71.4 Å². The quantitative estimate of drug-likeness (QED) is 0.491. The fourth-order valence-electron chi connectivity index (χ4n) is 5.43. The van der Waals surface area contributed by atoms with Crippen LogP contribution in [0.2, 0.25) is 0 Å². The Labute approximate surface area is 200 Å². The Kier molecular flexibility index (Phi) is 6.04. The molecule has 1 aromatic heterocycles. The molecule has 178 valence electrons. The monoisotopic (exact) mass is 460 g/mol. The summed E-state index contributed by atoms with van der Waals surface area (Å²) < 4.78 is 11.8. The number of nitrogens with zero attached hydrogens (tertiary/aromatic N) is 1. The van der Waals surface area contributed by atoms with Crippen LogP contribution in [0.25, 0.3) is 11.1 Å². The van der Waals surface area contributed by atoms with E-state index in [1.54, 1.807) is 6.92 Å². The summed E-state index contributed by atoms with van der Waals surface area (Å²) in [6.45, 7) is 4.66. The molecule has 34 heavy (non-hydrogen) atoms. The van der Waals surface area contributed by atoms with Gasteiger partial charge in [0.15, 0.2) is 5.89 Å². The van der Waals surface area contributed by atoms with Gasteiger partial charge in [-0.3, -0.25) is 4.79 Å². The average molecular weight is 461 g/mol.